The summed E-state index contributed by atoms with van der Waals surface area (Å²) in [7, 11) is 3.54. The lowest BCUT2D eigenvalue weighted by Crippen LogP contribution is -2.11. The highest BCUT2D eigenvalue weighted by Gasteiger charge is 2.17. The van der Waals surface area contributed by atoms with Gasteiger partial charge >= 0.3 is 0 Å². The van der Waals surface area contributed by atoms with Crippen LogP contribution in [0.15, 0.2) is 24.3 Å². The molecule has 0 aliphatic rings. The first-order chi connectivity index (χ1) is 10.0. The second-order valence-electron chi connectivity index (χ2n) is 5.26. The molecule has 114 valence electrons. The first-order valence-corrected chi connectivity index (χ1v) is 7.83. The summed E-state index contributed by atoms with van der Waals surface area (Å²) in [4.78, 5) is 0. The Morgan fingerprint density at radius 2 is 2.10 bits per heavy atom. The summed E-state index contributed by atoms with van der Waals surface area (Å²) in [5.74, 6) is 1.78. The molecule has 1 aromatic heterocycles. The van der Waals surface area contributed by atoms with Crippen LogP contribution in [0.1, 0.15) is 16.8 Å². The molecule has 0 aliphatic carbocycles. The van der Waals surface area contributed by atoms with Gasteiger partial charge in [0.05, 0.1) is 12.8 Å². The van der Waals surface area contributed by atoms with Crippen molar-refractivity contribution >= 4 is 23.2 Å². The van der Waals surface area contributed by atoms with Gasteiger partial charge in [0.1, 0.15) is 10.9 Å². The van der Waals surface area contributed by atoms with Crippen LogP contribution in [0.2, 0.25) is 5.15 Å². The topological polar surface area (TPSA) is 27.1 Å². The Bertz CT molecular complexity index is 610. The van der Waals surface area contributed by atoms with Gasteiger partial charge in [-0.15, -0.1) is 11.6 Å². The van der Waals surface area contributed by atoms with E-state index in [9.17, 15) is 0 Å². The Morgan fingerprint density at radius 1 is 1.33 bits per heavy atom. The molecule has 3 nitrogen and oxygen atoms in total. The van der Waals surface area contributed by atoms with Gasteiger partial charge in [-0.1, -0.05) is 23.7 Å². The van der Waals surface area contributed by atoms with Gasteiger partial charge in [0, 0.05) is 18.5 Å². The molecular formula is C16H20Cl2N2O. The fraction of sp³-hybridized carbons (Fsp3) is 0.438. The van der Waals surface area contributed by atoms with Crippen molar-refractivity contribution < 1.29 is 4.74 Å². The maximum Gasteiger partial charge on any atom is 0.130 e. The molecule has 5 heteroatoms. The predicted molar refractivity (Wildman–Crippen MR) is 87.6 cm³/mol. The third-order valence-electron chi connectivity index (χ3n) is 3.64. The smallest absolute Gasteiger partial charge is 0.130 e. The zero-order chi connectivity index (χ0) is 15.4. The highest BCUT2D eigenvalue weighted by Crippen LogP contribution is 2.25. The highest BCUT2D eigenvalue weighted by atomic mass is 35.5. The molecule has 0 spiro atoms. The molecule has 0 aliphatic heterocycles. The van der Waals surface area contributed by atoms with Gasteiger partial charge in [0.2, 0.25) is 0 Å². The average molecular weight is 327 g/mol. The van der Waals surface area contributed by atoms with Crippen LogP contribution in [0.25, 0.3) is 0 Å². The van der Waals surface area contributed by atoms with Crippen LogP contribution < -0.4 is 4.74 Å². The standard InChI is InChI=1S/C16H20Cl2N2O/c1-11-15(16(18)20(2)19-11)9-13(10-17)7-12-5-4-6-14(8-12)21-3/h4-6,8,13H,7,9-10H2,1-3H3. The normalized spacial score (nSPS) is 12.4. The number of benzene rings is 1. The lowest BCUT2D eigenvalue weighted by molar-refractivity contribution is 0.414. The van der Waals surface area contributed by atoms with Crippen molar-refractivity contribution in [3.8, 4) is 5.75 Å². The van der Waals surface area contributed by atoms with Crippen LogP contribution in [-0.2, 0) is 19.9 Å². The second kappa shape index (κ2) is 7.19. The molecule has 21 heavy (non-hydrogen) atoms. The van der Waals surface area contributed by atoms with Crippen LogP contribution in [-0.4, -0.2) is 22.8 Å². The SMILES string of the molecule is COc1cccc(CC(CCl)Cc2c(C)nn(C)c2Cl)c1. The monoisotopic (exact) mass is 326 g/mol. The molecule has 0 amide bonds. The van der Waals surface area contributed by atoms with Crippen LogP contribution >= 0.6 is 23.2 Å². The zero-order valence-corrected chi connectivity index (χ0v) is 14.1. The average Bonchev–Trinajstić information content (AvgIpc) is 2.73. The molecule has 0 saturated carbocycles. The number of nitrogens with zero attached hydrogens (tertiary/aromatic N) is 2. The summed E-state index contributed by atoms with van der Waals surface area (Å²) in [6.45, 7) is 1.98. The van der Waals surface area contributed by atoms with E-state index in [1.54, 1.807) is 11.8 Å². The minimum Gasteiger partial charge on any atom is -0.497 e. The van der Waals surface area contributed by atoms with Crippen molar-refractivity contribution in [3.63, 3.8) is 0 Å². The van der Waals surface area contributed by atoms with E-state index in [1.807, 2.05) is 26.1 Å². The molecule has 0 N–H and O–H groups in total. The summed E-state index contributed by atoms with van der Waals surface area (Å²) in [6.07, 6.45) is 1.73. The Kier molecular flexibility index (Phi) is 5.54. The van der Waals surface area contributed by atoms with Crippen molar-refractivity contribution in [1.29, 1.82) is 0 Å². The van der Waals surface area contributed by atoms with Gasteiger partial charge in [-0.2, -0.15) is 5.10 Å². The molecule has 1 aromatic carbocycles. The third-order valence-corrected chi connectivity index (χ3v) is 4.55. The molecule has 1 heterocycles. The van der Waals surface area contributed by atoms with Crippen molar-refractivity contribution in [2.24, 2.45) is 13.0 Å². The van der Waals surface area contributed by atoms with Gasteiger partial charge in [-0.3, -0.25) is 4.68 Å². The van der Waals surface area contributed by atoms with Crippen LogP contribution in [0.4, 0.5) is 0 Å². The van der Waals surface area contributed by atoms with Gasteiger partial charge in [-0.05, 0) is 43.4 Å². The lowest BCUT2D eigenvalue weighted by Gasteiger charge is -2.14. The maximum absolute atomic E-state index is 6.30. The molecule has 0 bridgehead atoms. The van der Waals surface area contributed by atoms with E-state index >= 15 is 0 Å². The number of ether oxygens (including phenoxy) is 1. The van der Waals surface area contributed by atoms with Crippen LogP contribution in [0.5, 0.6) is 5.75 Å². The summed E-state index contributed by atoms with van der Waals surface area (Å²) in [5.41, 5.74) is 3.29. The van der Waals surface area contributed by atoms with Crippen molar-refractivity contribution in [2.75, 3.05) is 13.0 Å². The lowest BCUT2D eigenvalue weighted by atomic mass is 9.94. The zero-order valence-electron chi connectivity index (χ0n) is 12.6. The molecule has 1 unspecified atom stereocenters. The second-order valence-corrected chi connectivity index (χ2v) is 5.93. The predicted octanol–water partition coefficient (Wildman–Crippen LogP) is 4.03. The fourth-order valence-corrected chi connectivity index (χ4v) is 2.98. The number of hydrogen-bond acceptors (Lipinski definition) is 2. The number of aryl methyl sites for hydroxylation is 2. The van der Waals surface area contributed by atoms with E-state index in [2.05, 4.69) is 17.2 Å². The van der Waals surface area contributed by atoms with E-state index in [1.165, 1.54) is 5.56 Å². The van der Waals surface area contributed by atoms with Gasteiger partial charge in [-0.25, -0.2) is 0 Å². The molecule has 0 fully saturated rings. The molecule has 0 radical (unpaired) electrons. The van der Waals surface area contributed by atoms with Gasteiger partial charge < -0.3 is 4.74 Å². The number of halogens is 2. The highest BCUT2D eigenvalue weighted by molar-refractivity contribution is 6.30. The molecule has 2 aromatic rings. The van der Waals surface area contributed by atoms with E-state index < -0.39 is 0 Å². The summed E-state index contributed by atoms with van der Waals surface area (Å²) >= 11 is 12.5. The van der Waals surface area contributed by atoms with E-state index in [-0.39, 0.29) is 0 Å². The fourth-order valence-electron chi connectivity index (χ4n) is 2.51. The van der Waals surface area contributed by atoms with E-state index in [0.717, 1.165) is 29.8 Å². The summed E-state index contributed by atoms with van der Waals surface area (Å²) in [5, 5.41) is 5.06. The van der Waals surface area contributed by atoms with Crippen molar-refractivity contribution in [1.82, 2.24) is 9.78 Å². The number of rotatable bonds is 6. The minimum absolute atomic E-state index is 0.319. The van der Waals surface area contributed by atoms with E-state index in [0.29, 0.717) is 17.0 Å². The molecular weight excluding hydrogens is 307 g/mol. The molecule has 2 rings (SSSR count). The van der Waals surface area contributed by atoms with Crippen molar-refractivity contribution in [2.45, 2.75) is 19.8 Å². The minimum atomic E-state index is 0.319. The maximum atomic E-state index is 6.30. The van der Waals surface area contributed by atoms with Crippen LogP contribution in [0.3, 0.4) is 0 Å². The van der Waals surface area contributed by atoms with Crippen molar-refractivity contribution in [3.05, 3.63) is 46.2 Å². The van der Waals surface area contributed by atoms with E-state index in [4.69, 9.17) is 27.9 Å². The summed E-state index contributed by atoms with van der Waals surface area (Å²) in [6, 6.07) is 8.10. The number of alkyl halides is 1. The number of methoxy groups -OCH3 is 1. The van der Waals surface area contributed by atoms with Gasteiger partial charge in [0.15, 0.2) is 0 Å². The number of aromatic nitrogens is 2. The Balaban J connectivity index is 2.13. The molecule has 1 atom stereocenters. The summed E-state index contributed by atoms with van der Waals surface area (Å²) < 4.78 is 6.97. The van der Waals surface area contributed by atoms with Crippen LogP contribution in [0, 0.1) is 12.8 Å². The quantitative estimate of drug-likeness (QED) is 0.749. The Labute approximate surface area is 135 Å². The largest absolute Gasteiger partial charge is 0.497 e. The molecule has 0 saturated heterocycles. The Hall–Kier alpha value is -1.19. The number of hydrogen-bond donors (Lipinski definition) is 0. The Morgan fingerprint density at radius 3 is 2.67 bits per heavy atom. The third kappa shape index (κ3) is 3.92. The first-order valence-electron chi connectivity index (χ1n) is 6.92. The first kappa shape index (κ1) is 16.2. The van der Waals surface area contributed by atoms with Gasteiger partial charge in [0.25, 0.3) is 0 Å².